The zero-order valence-electron chi connectivity index (χ0n) is 12.1. The Balaban J connectivity index is 2.01. The fourth-order valence-electron chi connectivity index (χ4n) is 2.97. The van der Waals surface area contributed by atoms with E-state index >= 15 is 0 Å². The van der Waals surface area contributed by atoms with Gasteiger partial charge in [0.05, 0.1) is 5.60 Å². The molecule has 0 aliphatic carbocycles. The summed E-state index contributed by atoms with van der Waals surface area (Å²) in [6.45, 7) is 5.02. The van der Waals surface area contributed by atoms with Crippen LogP contribution in [0.2, 0.25) is 0 Å². The van der Waals surface area contributed by atoms with E-state index in [2.05, 4.69) is 42.2 Å². The van der Waals surface area contributed by atoms with Gasteiger partial charge in [0, 0.05) is 26.2 Å². The lowest BCUT2D eigenvalue weighted by Crippen LogP contribution is -2.53. The third kappa shape index (κ3) is 3.78. The smallest absolute Gasteiger partial charge is 0.0777 e. The first-order valence-electron chi connectivity index (χ1n) is 7.20. The van der Waals surface area contributed by atoms with Gasteiger partial charge < -0.3 is 10.5 Å². The van der Waals surface area contributed by atoms with Crippen molar-refractivity contribution in [2.75, 3.05) is 26.7 Å². The maximum absolute atomic E-state index is 6.00. The molecule has 2 N–H and O–H groups in total. The van der Waals surface area contributed by atoms with Crippen LogP contribution in [0.3, 0.4) is 0 Å². The number of hydrogen-bond donors (Lipinski definition) is 1. The van der Waals surface area contributed by atoms with Gasteiger partial charge in [0.2, 0.25) is 0 Å². The van der Waals surface area contributed by atoms with Gasteiger partial charge in [0.25, 0.3) is 0 Å². The molecular weight excluding hydrogens is 236 g/mol. The van der Waals surface area contributed by atoms with E-state index in [0.29, 0.717) is 12.6 Å². The molecule has 1 fully saturated rings. The largest absolute Gasteiger partial charge is 0.377 e. The van der Waals surface area contributed by atoms with E-state index < -0.39 is 0 Å². The molecule has 1 aromatic carbocycles. The molecule has 2 atom stereocenters. The predicted molar refractivity (Wildman–Crippen MR) is 79.2 cm³/mol. The molecular formula is C16H26N2O. The summed E-state index contributed by atoms with van der Waals surface area (Å²) < 4.78 is 5.67. The number of rotatable bonds is 5. The molecule has 2 unspecified atom stereocenters. The van der Waals surface area contributed by atoms with Crippen molar-refractivity contribution in [1.82, 2.24) is 4.90 Å². The Morgan fingerprint density at radius 2 is 2.11 bits per heavy atom. The van der Waals surface area contributed by atoms with Crippen LogP contribution in [0, 0.1) is 0 Å². The van der Waals surface area contributed by atoms with Crippen LogP contribution in [0.4, 0.5) is 0 Å². The van der Waals surface area contributed by atoms with Crippen LogP contribution in [0.1, 0.15) is 25.3 Å². The molecule has 0 radical (unpaired) electrons. The van der Waals surface area contributed by atoms with Crippen molar-refractivity contribution in [3.05, 3.63) is 35.9 Å². The van der Waals surface area contributed by atoms with Gasteiger partial charge in [-0.1, -0.05) is 30.3 Å². The summed E-state index contributed by atoms with van der Waals surface area (Å²) in [4.78, 5) is 2.50. The minimum atomic E-state index is -0.0115. The summed E-state index contributed by atoms with van der Waals surface area (Å²) in [6, 6.07) is 11.0. The Hall–Kier alpha value is -0.900. The van der Waals surface area contributed by atoms with E-state index in [1.165, 1.54) is 12.0 Å². The molecule has 3 nitrogen and oxygen atoms in total. The molecule has 1 aromatic rings. The number of benzene rings is 1. The van der Waals surface area contributed by atoms with Crippen molar-refractivity contribution in [3.8, 4) is 0 Å². The fraction of sp³-hybridized carbons (Fsp3) is 0.625. The molecule has 0 spiro atoms. The molecule has 1 aliphatic rings. The van der Waals surface area contributed by atoms with Gasteiger partial charge in [0.15, 0.2) is 0 Å². The van der Waals surface area contributed by atoms with Crippen molar-refractivity contribution >= 4 is 0 Å². The summed E-state index contributed by atoms with van der Waals surface area (Å²) in [6.07, 6.45) is 3.36. The van der Waals surface area contributed by atoms with Gasteiger partial charge in [-0.3, -0.25) is 4.90 Å². The number of methoxy groups -OCH3 is 1. The highest BCUT2D eigenvalue weighted by atomic mass is 16.5. The fourth-order valence-corrected chi connectivity index (χ4v) is 2.97. The molecule has 1 heterocycles. The summed E-state index contributed by atoms with van der Waals surface area (Å²) in [5, 5.41) is 0. The van der Waals surface area contributed by atoms with Crippen molar-refractivity contribution in [2.24, 2.45) is 5.73 Å². The van der Waals surface area contributed by atoms with Crippen molar-refractivity contribution in [1.29, 1.82) is 0 Å². The lowest BCUT2D eigenvalue weighted by molar-refractivity contribution is -0.0602. The normalized spacial score (nSPS) is 26.3. The van der Waals surface area contributed by atoms with Crippen molar-refractivity contribution in [3.63, 3.8) is 0 Å². The Morgan fingerprint density at radius 3 is 2.74 bits per heavy atom. The van der Waals surface area contributed by atoms with Gasteiger partial charge in [0.1, 0.15) is 0 Å². The topological polar surface area (TPSA) is 38.5 Å². The van der Waals surface area contributed by atoms with Crippen LogP contribution in [-0.2, 0) is 11.2 Å². The monoisotopic (exact) mass is 262 g/mol. The van der Waals surface area contributed by atoms with Crippen LogP contribution >= 0.6 is 0 Å². The van der Waals surface area contributed by atoms with Gasteiger partial charge in [-0.15, -0.1) is 0 Å². The van der Waals surface area contributed by atoms with Gasteiger partial charge in [-0.2, -0.15) is 0 Å². The lowest BCUT2D eigenvalue weighted by Gasteiger charge is -2.43. The first kappa shape index (κ1) is 14.5. The second-order valence-corrected chi connectivity index (χ2v) is 5.81. The van der Waals surface area contributed by atoms with Crippen molar-refractivity contribution < 1.29 is 4.74 Å². The number of nitrogens with zero attached hydrogens (tertiary/aromatic N) is 1. The van der Waals surface area contributed by atoms with Crippen LogP contribution in [-0.4, -0.2) is 43.3 Å². The van der Waals surface area contributed by atoms with E-state index in [4.69, 9.17) is 10.5 Å². The number of piperidine rings is 1. The lowest BCUT2D eigenvalue weighted by atomic mass is 9.92. The highest BCUT2D eigenvalue weighted by Crippen LogP contribution is 2.25. The average Bonchev–Trinajstić information content (AvgIpc) is 2.46. The first-order chi connectivity index (χ1) is 9.17. The highest BCUT2D eigenvalue weighted by Gasteiger charge is 2.33. The van der Waals surface area contributed by atoms with Gasteiger partial charge >= 0.3 is 0 Å². The summed E-state index contributed by atoms with van der Waals surface area (Å²) >= 11 is 0. The molecule has 1 saturated heterocycles. The molecule has 0 bridgehead atoms. The molecule has 19 heavy (non-hydrogen) atoms. The molecule has 106 valence electrons. The standard InChI is InChI=1S/C16H26N2O/c1-16(19-2)9-6-10-18(13-16)15(12-17)11-14-7-4-3-5-8-14/h3-5,7-8,15H,6,9-13,17H2,1-2H3. The number of hydrogen-bond acceptors (Lipinski definition) is 3. The number of ether oxygens (including phenoxy) is 1. The van der Waals surface area contributed by atoms with E-state index in [-0.39, 0.29) is 5.60 Å². The highest BCUT2D eigenvalue weighted by molar-refractivity contribution is 5.16. The third-order valence-electron chi connectivity index (χ3n) is 4.28. The number of nitrogens with two attached hydrogens (primary N) is 1. The summed E-state index contributed by atoms with van der Waals surface area (Å²) in [5.41, 5.74) is 7.35. The second-order valence-electron chi connectivity index (χ2n) is 5.81. The second kappa shape index (κ2) is 6.51. The van der Waals surface area contributed by atoms with Gasteiger partial charge in [-0.25, -0.2) is 0 Å². The van der Waals surface area contributed by atoms with Crippen LogP contribution in [0.15, 0.2) is 30.3 Å². The Bertz CT molecular complexity index is 382. The summed E-state index contributed by atoms with van der Waals surface area (Å²) in [7, 11) is 1.82. The Morgan fingerprint density at radius 1 is 1.37 bits per heavy atom. The molecule has 0 saturated carbocycles. The molecule has 2 rings (SSSR count). The SMILES string of the molecule is COC1(C)CCCN(C(CN)Cc2ccccc2)C1. The first-order valence-corrected chi connectivity index (χ1v) is 7.20. The van der Waals surface area contributed by atoms with E-state index in [0.717, 1.165) is 25.9 Å². The molecule has 0 amide bonds. The van der Waals surface area contributed by atoms with E-state index in [1.54, 1.807) is 0 Å². The Kier molecular flexibility index (Phi) is 4.97. The third-order valence-corrected chi connectivity index (χ3v) is 4.28. The van der Waals surface area contributed by atoms with E-state index in [9.17, 15) is 0 Å². The molecule has 1 aliphatic heterocycles. The average molecular weight is 262 g/mol. The van der Waals surface area contributed by atoms with Crippen molar-refractivity contribution in [2.45, 2.75) is 37.8 Å². The zero-order chi connectivity index (χ0) is 13.7. The predicted octanol–water partition coefficient (Wildman–Crippen LogP) is 2.06. The zero-order valence-corrected chi connectivity index (χ0v) is 12.1. The maximum Gasteiger partial charge on any atom is 0.0777 e. The quantitative estimate of drug-likeness (QED) is 0.882. The molecule has 3 heteroatoms. The van der Waals surface area contributed by atoms with Crippen LogP contribution in [0.5, 0.6) is 0 Å². The Labute approximate surface area is 116 Å². The van der Waals surface area contributed by atoms with Crippen LogP contribution in [0.25, 0.3) is 0 Å². The number of likely N-dealkylation sites (tertiary alicyclic amines) is 1. The molecule has 0 aromatic heterocycles. The van der Waals surface area contributed by atoms with Crippen LogP contribution < -0.4 is 5.73 Å². The van der Waals surface area contributed by atoms with Gasteiger partial charge in [-0.05, 0) is 38.3 Å². The van der Waals surface area contributed by atoms with E-state index in [1.807, 2.05) is 7.11 Å². The minimum absolute atomic E-state index is 0.0115. The maximum atomic E-state index is 6.00. The minimum Gasteiger partial charge on any atom is -0.377 e. The summed E-state index contributed by atoms with van der Waals surface area (Å²) in [5.74, 6) is 0.